The highest BCUT2D eigenvalue weighted by Gasteiger charge is 2.18. The monoisotopic (exact) mass is 290 g/mol. The molecule has 2 rings (SSSR count). The summed E-state index contributed by atoms with van der Waals surface area (Å²) >= 11 is 0. The first-order valence-electron chi connectivity index (χ1n) is 6.40. The molecule has 110 valence electrons. The van der Waals surface area contributed by atoms with E-state index in [-0.39, 0.29) is 36.2 Å². The Morgan fingerprint density at radius 2 is 2.19 bits per heavy atom. The first-order valence-corrected chi connectivity index (χ1v) is 6.40. The molecule has 1 aromatic heterocycles. The van der Waals surface area contributed by atoms with Crippen molar-refractivity contribution in [3.8, 4) is 0 Å². The number of aromatic nitrogens is 2. The second kappa shape index (κ2) is 6.17. The lowest BCUT2D eigenvalue weighted by Crippen LogP contribution is -2.21. The average Bonchev–Trinajstić information content (AvgIpc) is 2.81. The van der Waals surface area contributed by atoms with Crippen LogP contribution >= 0.6 is 0 Å². The molecule has 0 radical (unpaired) electrons. The summed E-state index contributed by atoms with van der Waals surface area (Å²) in [6.07, 6.45) is 1.64. The number of benzene rings is 1. The van der Waals surface area contributed by atoms with Crippen molar-refractivity contribution in [1.82, 2.24) is 9.55 Å². The number of rotatable bonds is 5. The second-order valence-electron chi connectivity index (χ2n) is 4.47. The predicted octanol–water partition coefficient (Wildman–Crippen LogP) is 1.52. The van der Waals surface area contributed by atoms with Gasteiger partial charge in [-0.1, -0.05) is 19.1 Å². The van der Waals surface area contributed by atoms with Crippen molar-refractivity contribution in [2.24, 2.45) is 5.73 Å². The molecule has 2 aromatic rings. The SMILES string of the molecule is CCC(=O)Nc1ncn(Cc2cccc(F)c2)c1C(N)=O. The fraction of sp³-hybridized carbons (Fsp3) is 0.214. The standard InChI is InChI=1S/C14H15FN4O2/c1-2-11(20)18-14-12(13(16)21)19(8-17-14)7-9-4-3-5-10(15)6-9/h3-6,8H,2,7H2,1H3,(H2,16,21)(H,18,20). The number of hydrogen-bond acceptors (Lipinski definition) is 3. The number of primary amides is 1. The van der Waals surface area contributed by atoms with Gasteiger partial charge in [-0.25, -0.2) is 9.37 Å². The molecule has 1 heterocycles. The molecule has 0 saturated carbocycles. The van der Waals surface area contributed by atoms with E-state index in [0.29, 0.717) is 5.56 Å². The Bertz CT molecular complexity index is 681. The summed E-state index contributed by atoms with van der Waals surface area (Å²) in [5.41, 5.74) is 6.08. The van der Waals surface area contributed by atoms with Gasteiger partial charge >= 0.3 is 0 Å². The number of hydrogen-bond donors (Lipinski definition) is 2. The molecule has 7 heteroatoms. The lowest BCUT2D eigenvalue weighted by molar-refractivity contribution is -0.115. The Hall–Kier alpha value is -2.70. The summed E-state index contributed by atoms with van der Waals surface area (Å²) in [7, 11) is 0. The molecule has 0 aliphatic heterocycles. The number of nitrogens with two attached hydrogens (primary N) is 1. The molecule has 1 aromatic carbocycles. The predicted molar refractivity (Wildman–Crippen MR) is 75.2 cm³/mol. The third-order valence-corrected chi connectivity index (χ3v) is 2.89. The molecule has 21 heavy (non-hydrogen) atoms. The van der Waals surface area contributed by atoms with Crippen LogP contribution in [0.3, 0.4) is 0 Å². The zero-order chi connectivity index (χ0) is 15.4. The Morgan fingerprint density at radius 1 is 1.43 bits per heavy atom. The Balaban J connectivity index is 2.31. The van der Waals surface area contributed by atoms with Gasteiger partial charge in [-0.2, -0.15) is 0 Å². The fourth-order valence-corrected chi connectivity index (χ4v) is 1.90. The van der Waals surface area contributed by atoms with Gasteiger partial charge in [-0.05, 0) is 17.7 Å². The van der Waals surface area contributed by atoms with Gasteiger partial charge in [0.15, 0.2) is 11.5 Å². The minimum Gasteiger partial charge on any atom is -0.364 e. The second-order valence-corrected chi connectivity index (χ2v) is 4.47. The summed E-state index contributed by atoms with van der Waals surface area (Å²) < 4.78 is 14.7. The molecule has 2 amide bonds. The molecule has 0 unspecified atom stereocenters. The van der Waals surface area contributed by atoms with Crippen LogP contribution in [0.25, 0.3) is 0 Å². The normalized spacial score (nSPS) is 10.4. The Kier molecular flexibility index (Phi) is 4.32. The van der Waals surface area contributed by atoms with Gasteiger partial charge in [0.05, 0.1) is 6.33 Å². The van der Waals surface area contributed by atoms with E-state index in [4.69, 9.17) is 5.73 Å². The van der Waals surface area contributed by atoms with E-state index in [2.05, 4.69) is 10.3 Å². The van der Waals surface area contributed by atoms with Crippen LogP contribution in [0.5, 0.6) is 0 Å². The van der Waals surface area contributed by atoms with Gasteiger partial charge in [0.2, 0.25) is 5.91 Å². The van der Waals surface area contributed by atoms with Crippen molar-refractivity contribution < 1.29 is 14.0 Å². The lowest BCUT2D eigenvalue weighted by atomic mass is 10.2. The highest BCUT2D eigenvalue weighted by Crippen LogP contribution is 2.16. The van der Waals surface area contributed by atoms with Crippen LogP contribution in [-0.4, -0.2) is 21.4 Å². The van der Waals surface area contributed by atoms with Gasteiger partial charge in [0, 0.05) is 13.0 Å². The molecular formula is C14H15FN4O2. The van der Waals surface area contributed by atoms with Crippen LogP contribution in [0.15, 0.2) is 30.6 Å². The van der Waals surface area contributed by atoms with Gasteiger partial charge in [-0.15, -0.1) is 0 Å². The zero-order valence-corrected chi connectivity index (χ0v) is 11.5. The average molecular weight is 290 g/mol. The largest absolute Gasteiger partial charge is 0.364 e. The van der Waals surface area contributed by atoms with Crippen molar-refractivity contribution >= 4 is 17.6 Å². The first-order chi connectivity index (χ1) is 10.0. The number of anilines is 1. The van der Waals surface area contributed by atoms with E-state index in [9.17, 15) is 14.0 Å². The molecule has 0 aliphatic rings. The lowest BCUT2D eigenvalue weighted by Gasteiger charge is -2.08. The summed E-state index contributed by atoms with van der Waals surface area (Å²) in [5, 5.41) is 2.51. The third-order valence-electron chi connectivity index (χ3n) is 2.89. The molecular weight excluding hydrogens is 275 g/mol. The highest BCUT2D eigenvalue weighted by molar-refractivity contribution is 6.00. The zero-order valence-electron chi connectivity index (χ0n) is 11.5. The number of imidazole rings is 1. The van der Waals surface area contributed by atoms with E-state index in [0.717, 1.165) is 0 Å². The van der Waals surface area contributed by atoms with Crippen LogP contribution in [0.1, 0.15) is 29.4 Å². The molecule has 0 saturated heterocycles. The van der Waals surface area contributed by atoms with E-state index in [1.54, 1.807) is 19.1 Å². The molecule has 0 aliphatic carbocycles. The van der Waals surface area contributed by atoms with E-state index in [1.165, 1.54) is 23.0 Å². The number of nitrogens with zero attached hydrogens (tertiary/aromatic N) is 2. The Labute approximate surface area is 120 Å². The summed E-state index contributed by atoms with van der Waals surface area (Å²) in [4.78, 5) is 27.0. The smallest absolute Gasteiger partial charge is 0.269 e. The number of carbonyl (C=O) groups excluding carboxylic acids is 2. The van der Waals surface area contributed by atoms with Gasteiger partial charge < -0.3 is 15.6 Å². The molecule has 3 N–H and O–H groups in total. The van der Waals surface area contributed by atoms with E-state index >= 15 is 0 Å². The van der Waals surface area contributed by atoms with Crippen molar-refractivity contribution in [2.45, 2.75) is 19.9 Å². The topological polar surface area (TPSA) is 90.0 Å². The maximum atomic E-state index is 13.2. The van der Waals surface area contributed by atoms with E-state index in [1.807, 2.05) is 0 Å². The van der Waals surface area contributed by atoms with Crippen molar-refractivity contribution in [2.75, 3.05) is 5.32 Å². The van der Waals surface area contributed by atoms with Crippen molar-refractivity contribution in [3.63, 3.8) is 0 Å². The van der Waals surface area contributed by atoms with Crippen molar-refractivity contribution in [3.05, 3.63) is 47.7 Å². The van der Waals surface area contributed by atoms with Gasteiger partial charge in [0.1, 0.15) is 5.82 Å². The van der Waals surface area contributed by atoms with E-state index < -0.39 is 5.91 Å². The summed E-state index contributed by atoms with van der Waals surface area (Å²) in [5.74, 6) is -1.23. The van der Waals surface area contributed by atoms with Crippen molar-refractivity contribution in [1.29, 1.82) is 0 Å². The molecule has 6 nitrogen and oxygen atoms in total. The summed E-state index contributed by atoms with van der Waals surface area (Å²) in [6.45, 7) is 1.91. The molecule has 0 fully saturated rings. The minimum absolute atomic E-state index is 0.0843. The van der Waals surface area contributed by atoms with Crippen LogP contribution < -0.4 is 11.1 Å². The minimum atomic E-state index is -0.713. The fourth-order valence-electron chi connectivity index (χ4n) is 1.90. The van der Waals surface area contributed by atoms with Crippen LogP contribution in [0.4, 0.5) is 10.2 Å². The first kappa shape index (κ1) is 14.7. The van der Waals surface area contributed by atoms with Crippen LogP contribution in [0.2, 0.25) is 0 Å². The van der Waals surface area contributed by atoms with Crippen LogP contribution in [0, 0.1) is 5.82 Å². The summed E-state index contributed by atoms with van der Waals surface area (Å²) in [6, 6.07) is 5.98. The van der Waals surface area contributed by atoms with Crippen LogP contribution in [-0.2, 0) is 11.3 Å². The maximum absolute atomic E-state index is 13.2. The molecule has 0 atom stereocenters. The number of halogens is 1. The number of amides is 2. The number of nitrogens with one attached hydrogen (secondary N) is 1. The van der Waals surface area contributed by atoms with Gasteiger partial charge in [0.25, 0.3) is 5.91 Å². The molecule has 0 bridgehead atoms. The highest BCUT2D eigenvalue weighted by atomic mass is 19.1. The Morgan fingerprint density at radius 3 is 2.81 bits per heavy atom. The molecule has 0 spiro atoms. The maximum Gasteiger partial charge on any atom is 0.269 e. The third kappa shape index (κ3) is 3.44. The number of carbonyl (C=O) groups is 2. The quantitative estimate of drug-likeness (QED) is 0.874. The van der Waals surface area contributed by atoms with Gasteiger partial charge in [-0.3, -0.25) is 9.59 Å².